The second-order valence-corrected chi connectivity index (χ2v) is 10.6. The predicted octanol–water partition coefficient (Wildman–Crippen LogP) is 2.78. The molecule has 154 valence electrons. The van der Waals surface area contributed by atoms with Crippen molar-refractivity contribution < 1.29 is 23.9 Å². The van der Waals surface area contributed by atoms with Gasteiger partial charge in [-0.1, -0.05) is 15.9 Å². The average Bonchev–Trinajstić information content (AvgIpc) is 2.57. The molecule has 2 unspecified atom stereocenters. The minimum atomic E-state index is -0.511. The molecule has 1 heterocycles. The molecule has 1 aliphatic heterocycles. The lowest BCUT2D eigenvalue weighted by Crippen LogP contribution is -2.56. The minimum Gasteiger partial charge on any atom is -0.463 e. The monoisotopic (exact) mass is 454 g/mol. The zero-order valence-electron chi connectivity index (χ0n) is 16.3. The third kappa shape index (κ3) is 3.44. The Kier molecular flexibility index (Phi) is 4.96. The first kappa shape index (κ1) is 19.7. The van der Waals surface area contributed by atoms with Gasteiger partial charge >= 0.3 is 18.0 Å². The standard InChI is InChI=1S/C20H27BrN2O5/c1-3-27-16(24)15-11(2)22-18(26)23-14(15)9-28-17(25)19-5-12-4-13(6-19)8-20(21,7-12)10-19/h11-13H,3-10H2,1-2H3,(H2,22,23,26)/t11-,12-,13+,19?,20?/m0/s1. The molecule has 7 nitrogen and oxygen atoms in total. The minimum absolute atomic E-state index is 0.0585. The first-order chi connectivity index (χ1) is 13.2. The number of alkyl halides is 1. The van der Waals surface area contributed by atoms with Gasteiger partial charge in [-0.3, -0.25) is 4.79 Å². The van der Waals surface area contributed by atoms with Crippen molar-refractivity contribution in [3.05, 3.63) is 11.3 Å². The van der Waals surface area contributed by atoms with Crippen LogP contribution in [0.5, 0.6) is 0 Å². The summed E-state index contributed by atoms with van der Waals surface area (Å²) in [6, 6.07) is -0.923. The van der Waals surface area contributed by atoms with E-state index in [9.17, 15) is 14.4 Å². The molecule has 0 saturated heterocycles. The summed E-state index contributed by atoms with van der Waals surface area (Å²) in [6.45, 7) is 3.54. The number of rotatable bonds is 5. The van der Waals surface area contributed by atoms with Crippen LogP contribution in [0.15, 0.2) is 11.3 Å². The summed E-state index contributed by atoms with van der Waals surface area (Å²) in [7, 11) is 0. The van der Waals surface area contributed by atoms with Crippen molar-refractivity contribution in [2.45, 2.75) is 62.7 Å². The second kappa shape index (κ2) is 7.04. The number of urea groups is 1. The first-order valence-electron chi connectivity index (χ1n) is 10.1. The molecule has 2 amide bonds. The lowest BCUT2D eigenvalue weighted by molar-refractivity contribution is -0.168. The van der Waals surface area contributed by atoms with Crippen LogP contribution in [0.4, 0.5) is 4.79 Å². The fourth-order valence-electron chi connectivity index (χ4n) is 6.07. The Labute approximate surface area is 173 Å². The number of nitrogens with one attached hydrogen (secondary N) is 2. The summed E-state index contributed by atoms with van der Waals surface area (Å²) in [5.74, 6) is 0.423. The zero-order chi connectivity index (χ0) is 20.1. The molecule has 28 heavy (non-hydrogen) atoms. The molecule has 8 heteroatoms. The van der Waals surface area contributed by atoms with Crippen molar-refractivity contribution in [2.75, 3.05) is 13.2 Å². The molecule has 4 aliphatic carbocycles. The van der Waals surface area contributed by atoms with Crippen LogP contribution in [0.25, 0.3) is 0 Å². The molecule has 0 aromatic heterocycles. The predicted molar refractivity (Wildman–Crippen MR) is 105 cm³/mol. The highest BCUT2D eigenvalue weighted by molar-refractivity contribution is 9.10. The summed E-state index contributed by atoms with van der Waals surface area (Å²) in [4.78, 5) is 37.3. The molecule has 4 saturated carbocycles. The summed E-state index contributed by atoms with van der Waals surface area (Å²) >= 11 is 3.91. The molecule has 5 rings (SSSR count). The Hall–Kier alpha value is -1.57. The number of carbonyl (C=O) groups excluding carboxylic acids is 3. The van der Waals surface area contributed by atoms with Crippen LogP contribution < -0.4 is 10.6 Å². The molecule has 0 aromatic carbocycles. The van der Waals surface area contributed by atoms with Gasteiger partial charge in [-0.25, -0.2) is 9.59 Å². The summed E-state index contributed by atoms with van der Waals surface area (Å²) in [6.07, 6.45) is 6.04. The average molecular weight is 455 g/mol. The number of halogens is 1. The molecule has 0 spiro atoms. The van der Waals surface area contributed by atoms with Crippen molar-refractivity contribution in [1.82, 2.24) is 10.6 Å². The van der Waals surface area contributed by atoms with Crippen LogP contribution in [0, 0.1) is 17.3 Å². The Morgan fingerprint density at radius 2 is 1.86 bits per heavy atom. The van der Waals surface area contributed by atoms with Gasteiger partial charge in [0, 0.05) is 4.32 Å². The lowest BCUT2D eigenvalue weighted by atomic mass is 9.49. The van der Waals surface area contributed by atoms with E-state index >= 15 is 0 Å². The van der Waals surface area contributed by atoms with Gasteiger partial charge < -0.3 is 20.1 Å². The van der Waals surface area contributed by atoms with Gasteiger partial charge in [0.15, 0.2) is 0 Å². The number of ether oxygens (including phenoxy) is 2. The van der Waals surface area contributed by atoms with Crippen molar-refractivity contribution in [1.29, 1.82) is 0 Å². The second-order valence-electron chi connectivity index (χ2n) is 8.90. The van der Waals surface area contributed by atoms with Crippen LogP contribution in [-0.4, -0.2) is 41.5 Å². The third-order valence-electron chi connectivity index (χ3n) is 6.64. The van der Waals surface area contributed by atoms with E-state index in [4.69, 9.17) is 9.47 Å². The Bertz CT molecular complexity index is 735. The molecule has 0 aromatic rings. The maximum absolute atomic E-state index is 13.1. The van der Waals surface area contributed by atoms with Crippen molar-refractivity contribution in [3.8, 4) is 0 Å². The van der Waals surface area contributed by atoms with Gasteiger partial charge in [0.25, 0.3) is 0 Å². The van der Waals surface area contributed by atoms with Crippen LogP contribution in [-0.2, 0) is 19.1 Å². The SMILES string of the molecule is CCOC(=O)C1=C(COC(=O)C23C[C@@H]4C[C@@H](CC(Br)(C4)C2)C3)NC(=O)N[C@H]1C. The number of hydrogen-bond donors (Lipinski definition) is 2. The Morgan fingerprint density at radius 1 is 1.18 bits per heavy atom. The normalized spacial score (nSPS) is 38.7. The van der Waals surface area contributed by atoms with Gasteiger partial charge in [0.1, 0.15) is 6.61 Å². The molecule has 2 N–H and O–H groups in total. The zero-order valence-corrected chi connectivity index (χ0v) is 17.9. The summed E-state index contributed by atoms with van der Waals surface area (Å²) in [5, 5.41) is 5.26. The maximum atomic E-state index is 13.1. The summed E-state index contributed by atoms with van der Waals surface area (Å²) in [5.41, 5.74) is 0.166. The van der Waals surface area contributed by atoms with Gasteiger partial charge in [-0.2, -0.15) is 0 Å². The molecular weight excluding hydrogens is 428 g/mol. The maximum Gasteiger partial charge on any atom is 0.338 e. The largest absolute Gasteiger partial charge is 0.463 e. The number of hydrogen-bond acceptors (Lipinski definition) is 5. The van der Waals surface area contributed by atoms with Crippen LogP contribution in [0.3, 0.4) is 0 Å². The van der Waals surface area contributed by atoms with Gasteiger partial charge in [0.2, 0.25) is 0 Å². The fourth-order valence-corrected chi connectivity index (χ4v) is 7.53. The van der Waals surface area contributed by atoms with E-state index in [1.54, 1.807) is 13.8 Å². The smallest absolute Gasteiger partial charge is 0.338 e. The molecule has 5 aliphatic rings. The van der Waals surface area contributed by atoms with Gasteiger partial charge in [0.05, 0.1) is 29.3 Å². The van der Waals surface area contributed by atoms with E-state index in [-0.39, 0.29) is 23.5 Å². The molecule has 0 radical (unpaired) electrons. The number of esters is 2. The molecular formula is C20H27BrN2O5. The van der Waals surface area contributed by atoms with E-state index in [0.717, 1.165) is 32.1 Å². The quantitative estimate of drug-likeness (QED) is 0.491. The van der Waals surface area contributed by atoms with E-state index in [1.807, 2.05) is 0 Å². The third-order valence-corrected chi connectivity index (χ3v) is 7.56. The Morgan fingerprint density at radius 3 is 2.46 bits per heavy atom. The topological polar surface area (TPSA) is 93.7 Å². The highest BCUT2D eigenvalue weighted by Gasteiger charge is 2.60. The first-order valence-corrected chi connectivity index (χ1v) is 10.9. The van der Waals surface area contributed by atoms with E-state index in [0.29, 0.717) is 23.1 Å². The van der Waals surface area contributed by atoms with Gasteiger partial charge in [-0.05, 0) is 64.2 Å². The van der Waals surface area contributed by atoms with Crippen LogP contribution in [0.1, 0.15) is 52.4 Å². The number of carbonyl (C=O) groups is 3. The van der Waals surface area contributed by atoms with E-state index in [1.165, 1.54) is 6.42 Å². The van der Waals surface area contributed by atoms with Crippen LogP contribution in [0.2, 0.25) is 0 Å². The van der Waals surface area contributed by atoms with Gasteiger partial charge in [-0.15, -0.1) is 0 Å². The van der Waals surface area contributed by atoms with E-state index in [2.05, 4.69) is 26.6 Å². The van der Waals surface area contributed by atoms with Crippen molar-refractivity contribution in [2.24, 2.45) is 17.3 Å². The fraction of sp³-hybridized carbons (Fsp3) is 0.750. The Balaban J connectivity index is 1.51. The summed E-state index contributed by atoms with van der Waals surface area (Å²) < 4.78 is 10.9. The highest BCUT2D eigenvalue weighted by atomic mass is 79.9. The molecule has 5 atom stereocenters. The molecule has 4 fully saturated rings. The lowest BCUT2D eigenvalue weighted by Gasteiger charge is -2.58. The van der Waals surface area contributed by atoms with Crippen LogP contribution >= 0.6 is 15.9 Å². The van der Waals surface area contributed by atoms with Crippen molar-refractivity contribution >= 4 is 33.9 Å². The number of amides is 2. The highest BCUT2D eigenvalue weighted by Crippen LogP contribution is 2.64. The van der Waals surface area contributed by atoms with Crippen molar-refractivity contribution in [3.63, 3.8) is 0 Å². The molecule has 4 bridgehead atoms. The van der Waals surface area contributed by atoms with E-state index < -0.39 is 23.5 Å².